The van der Waals surface area contributed by atoms with Gasteiger partial charge >= 0.3 is 0 Å². The standard InChI is InChI=1S/C75H54N2O2/c1-45-17-9-13-25-67(45)77(69-27-15-23-58-57-22-12-14-28-70(57)78-72(58)69)54-33-35-56-61-39-50-30-29-48(37-51(50)42-64(61)75(4,5)66(56)44-54)49-31-36-71-62(40-49)59-24-16-26-68(73(59)79-71)76(52-20-7-6-8-21-52)53-32-34-55-60-38-46-18-10-11-19-47(46)41-63(60)74(2,3)65(55)43-53/h6-44H,1-5H3. The van der Waals surface area contributed by atoms with Gasteiger partial charge in [-0.25, -0.2) is 0 Å². The molecule has 0 saturated heterocycles. The number of anilines is 6. The Morgan fingerprint density at radius 2 is 0.797 bits per heavy atom. The molecule has 79 heavy (non-hydrogen) atoms. The first-order valence-electron chi connectivity index (χ1n) is 27.6. The van der Waals surface area contributed by atoms with Crippen LogP contribution in [0, 0.1) is 6.92 Å². The number of fused-ring (bicyclic) bond motifs is 14. The fourth-order valence-electron chi connectivity index (χ4n) is 13.6. The van der Waals surface area contributed by atoms with Gasteiger partial charge in [-0.05, 0) is 193 Å². The fourth-order valence-corrected chi connectivity index (χ4v) is 13.6. The zero-order chi connectivity index (χ0) is 52.9. The lowest BCUT2D eigenvalue weighted by Crippen LogP contribution is -2.17. The first-order valence-corrected chi connectivity index (χ1v) is 27.6. The Balaban J connectivity index is 0.765. The van der Waals surface area contributed by atoms with Gasteiger partial charge in [0, 0.05) is 55.1 Å². The largest absolute Gasteiger partial charge is 0.454 e. The molecule has 0 bridgehead atoms. The van der Waals surface area contributed by atoms with Gasteiger partial charge in [-0.2, -0.15) is 0 Å². The minimum atomic E-state index is -0.260. The van der Waals surface area contributed by atoms with Gasteiger partial charge in [0.15, 0.2) is 11.2 Å². The van der Waals surface area contributed by atoms with Crippen molar-refractivity contribution in [3.63, 3.8) is 0 Å². The highest BCUT2D eigenvalue weighted by molar-refractivity contribution is 6.13. The summed E-state index contributed by atoms with van der Waals surface area (Å²) in [5.41, 5.74) is 23.5. The van der Waals surface area contributed by atoms with Crippen LogP contribution in [0.5, 0.6) is 0 Å². The smallest absolute Gasteiger partial charge is 0.159 e. The van der Waals surface area contributed by atoms with Crippen LogP contribution in [0.2, 0.25) is 0 Å². The van der Waals surface area contributed by atoms with E-state index in [9.17, 15) is 0 Å². The molecule has 2 aliphatic carbocycles. The maximum absolute atomic E-state index is 6.96. The predicted octanol–water partition coefficient (Wildman–Crippen LogP) is 21.3. The zero-order valence-corrected chi connectivity index (χ0v) is 44.7. The highest BCUT2D eigenvalue weighted by Crippen LogP contribution is 2.55. The fraction of sp³-hybridized carbons (Fsp3) is 0.0933. The van der Waals surface area contributed by atoms with E-state index >= 15 is 0 Å². The van der Waals surface area contributed by atoms with Crippen molar-refractivity contribution >= 4 is 99.5 Å². The summed E-state index contributed by atoms with van der Waals surface area (Å²) in [6, 6.07) is 86.8. The van der Waals surface area contributed by atoms with Crippen molar-refractivity contribution < 1.29 is 8.83 Å². The lowest BCUT2D eigenvalue weighted by molar-refractivity contribution is 0.661. The summed E-state index contributed by atoms with van der Waals surface area (Å²) >= 11 is 0. The van der Waals surface area contributed by atoms with Crippen molar-refractivity contribution in [2.24, 2.45) is 0 Å². The van der Waals surface area contributed by atoms with Gasteiger partial charge in [-0.1, -0.05) is 161 Å². The molecular weight excluding hydrogens is 961 g/mol. The molecule has 12 aromatic carbocycles. The van der Waals surface area contributed by atoms with Gasteiger partial charge < -0.3 is 18.6 Å². The summed E-state index contributed by atoms with van der Waals surface area (Å²) in [5, 5.41) is 9.41. The van der Waals surface area contributed by atoms with Gasteiger partial charge in [0.1, 0.15) is 11.2 Å². The first-order chi connectivity index (χ1) is 38.6. The zero-order valence-electron chi connectivity index (χ0n) is 44.7. The van der Waals surface area contributed by atoms with Crippen molar-refractivity contribution in [2.75, 3.05) is 9.80 Å². The van der Waals surface area contributed by atoms with Gasteiger partial charge in [0.25, 0.3) is 0 Å². The average Bonchev–Trinajstić information content (AvgIpc) is 4.12. The highest BCUT2D eigenvalue weighted by atomic mass is 16.3. The number of hydrogen-bond acceptors (Lipinski definition) is 4. The molecule has 0 radical (unpaired) electrons. The molecule has 0 unspecified atom stereocenters. The van der Waals surface area contributed by atoms with Crippen LogP contribution in [0.1, 0.15) is 55.5 Å². The summed E-state index contributed by atoms with van der Waals surface area (Å²) in [6.07, 6.45) is 0. The second-order valence-corrected chi connectivity index (χ2v) is 22.9. The number of aryl methyl sites for hydroxylation is 1. The number of benzene rings is 12. The number of nitrogens with zero attached hydrogens (tertiary/aromatic N) is 2. The van der Waals surface area contributed by atoms with Crippen LogP contribution < -0.4 is 9.80 Å². The molecule has 0 amide bonds. The second-order valence-electron chi connectivity index (χ2n) is 22.9. The SMILES string of the molecule is Cc1ccccc1N(c1ccc2c(c1)C(C)(C)c1cc3cc(-c4ccc5oc6c(N(c7ccccc7)c7ccc8c(c7)C(C)(C)c7cc9ccccc9cc7-8)cccc6c5c4)ccc3cc1-2)c1cccc2c1oc1ccccc12. The summed E-state index contributed by atoms with van der Waals surface area (Å²) in [4.78, 5) is 4.75. The lowest BCUT2D eigenvalue weighted by Gasteiger charge is -2.29. The van der Waals surface area contributed by atoms with Crippen LogP contribution in [0.3, 0.4) is 0 Å². The average molecular weight is 1020 g/mol. The van der Waals surface area contributed by atoms with Crippen LogP contribution >= 0.6 is 0 Å². The van der Waals surface area contributed by atoms with E-state index in [1.54, 1.807) is 0 Å². The molecule has 4 nitrogen and oxygen atoms in total. The van der Waals surface area contributed by atoms with Crippen molar-refractivity contribution in [2.45, 2.75) is 45.4 Å². The quantitative estimate of drug-likeness (QED) is 0.159. The molecule has 0 fully saturated rings. The molecule has 0 spiro atoms. The van der Waals surface area contributed by atoms with E-state index in [0.29, 0.717) is 0 Å². The minimum absolute atomic E-state index is 0.179. The van der Waals surface area contributed by atoms with E-state index in [0.717, 1.165) is 83.6 Å². The normalized spacial score (nSPS) is 13.8. The van der Waals surface area contributed by atoms with Gasteiger partial charge in [-0.3, -0.25) is 0 Å². The Kier molecular flexibility index (Phi) is 9.62. The Morgan fingerprint density at radius 1 is 0.304 bits per heavy atom. The van der Waals surface area contributed by atoms with Crippen molar-refractivity contribution in [3.8, 4) is 33.4 Å². The summed E-state index contributed by atoms with van der Waals surface area (Å²) in [5.74, 6) is 0. The molecule has 0 atom stereocenters. The lowest BCUT2D eigenvalue weighted by atomic mass is 9.81. The third kappa shape index (κ3) is 6.74. The van der Waals surface area contributed by atoms with Crippen molar-refractivity contribution in [1.82, 2.24) is 0 Å². The molecule has 2 aromatic heterocycles. The Hall–Kier alpha value is -9.64. The molecule has 0 aliphatic heterocycles. The summed E-state index contributed by atoms with van der Waals surface area (Å²) in [6.45, 7) is 11.7. The van der Waals surface area contributed by atoms with Gasteiger partial charge in [0.05, 0.1) is 11.4 Å². The Morgan fingerprint density at radius 3 is 1.49 bits per heavy atom. The van der Waals surface area contributed by atoms with Crippen molar-refractivity contribution in [3.05, 3.63) is 264 Å². The first kappa shape index (κ1) is 45.5. The number of rotatable bonds is 7. The number of hydrogen-bond donors (Lipinski definition) is 0. The van der Waals surface area contributed by atoms with E-state index in [1.165, 1.54) is 77.2 Å². The monoisotopic (exact) mass is 1010 g/mol. The molecule has 4 heteroatoms. The molecule has 376 valence electrons. The predicted molar refractivity (Wildman–Crippen MR) is 331 cm³/mol. The molecule has 2 heterocycles. The van der Waals surface area contributed by atoms with E-state index < -0.39 is 0 Å². The Labute approximate surface area is 459 Å². The van der Waals surface area contributed by atoms with E-state index in [2.05, 4.69) is 275 Å². The summed E-state index contributed by atoms with van der Waals surface area (Å²) in [7, 11) is 0. The number of para-hydroxylation sites is 5. The van der Waals surface area contributed by atoms with Crippen LogP contribution in [-0.2, 0) is 10.8 Å². The topological polar surface area (TPSA) is 32.8 Å². The Bertz CT molecular complexity index is 4880. The molecule has 2 aliphatic rings. The van der Waals surface area contributed by atoms with E-state index in [-0.39, 0.29) is 10.8 Å². The maximum Gasteiger partial charge on any atom is 0.159 e. The van der Waals surface area contributed by atoms with E-state index in [1.807, 2.05) is 6.07 Å². The van der Waals surface area contributed by atoms with Crippen molar-refractivity contribution in [1.29, 1.82) is 0 Å². The molecule has 0 N–H and O–H groups in total. The van der Waals surface area contributed by atoms with E-state index in [4.69, 9.17) is 8.83 Å². The number of furan rings is 2. The molecular formula is C75H54N2O2. The summed E-state index contributed by atoms with van der Waals surface area (Å²) < 4.78 is 13.6. The highest BCUT2D eigenvalue weighted by Gasteiger charge is 2.38. The van der Waals surface area contributed by atoms with Crippen LogP contribution in [0.25, 0.3) is 98.8 Å². The van der Waals surface area contributed by atoms with Gasteiger partial charge in [0.2, 0.25) is 0 Å². The minimum Gasteiger partial charge on any atom is -0.454 e. The molecule has 16 rings (SSSR count). The van der Waals surface area contributed by atoms with Crippen LogP contribution in [0.15, 0.2) is 245 Å². The van der Waals surface area contributed by atoms with Crippen LogP contribution in [-0.4, -0.2) is 0 Å². The van der Waals surface area contributed by atoms with Crippen LogP contribution in [0.4, 0.5) is 34.1 Å². The maximum atomic E-state index is 6.96. The molecule has 14 aromatic rings. The molecule has 0 saturated carbocycles. The third-order valence-corrected chi connectivity index (χ3v) is 17.7. The second kappa shape index (κ2) is 16.7. The van der Waals surface area contributed by atoms with Gasteiger partial charge in [-0.15, -0.1) is 0 Å². The third-order valence-electron chi connectivity index (χ3n) is 17.7.